The van der Waals surface area contributed by atoms with Gasteiger partial charge in [-0.3, -0.25) is 0 Å². The van der Waals surface area contributed by atoms with E-state index in [0.29, 0.717) is 6.04 Å². The van der Waals surface area contributed by atoms with Crippen molar-refractivity contribution >= 4 is 0 Å². The van der Waals surface area contributed by atoms with Crippen LogP contribution >= 0.6 is 0 Å². The quantitative estimate of drug-likeness (QED) is 0.779. The lowest BCUT2D eigenvalue weighted by atomic mass is 10.00. The van der Waals surface area contributed by atoms with Crippen LogP contribution in [0.5, 0.6) is 0 Å². The van der Waals surface area contributed by atoms with Crippen molar-refractivity contribution in [1.29, 1.82) is 0 Å². The second kappa shape index (κ2) is 5.11. The SMILES string of the molecule is CCC(Cc1cc(F)ccc1C)NC. The predicted molar refractivity (Wildman–Crippen MR) is 58.0 cm³/mol. The van der Waals surface area contributed by atoms with Crippen LogP contribution < -0.4 is 5.32 Å². The molecule has 78 valence electrons. The Kier molecular flexibility index (Phi) is 4.08. The summed E-state index contributed by atoms with van der Waals surface area (Å²) < 4.78 is 13.0. The van der Waals surface area contributed by atoms with Gasteiger partial charge in [-0.05, 0) is 50.1 Å². The standard InChI is InChI=1S/C12H18FN/c1-4-12(14-3)8-10-7-11(13)6-5-9(10)2/h5-7,12,14H,4,8H2,1-3H3. The minimum absolute atomic E-state index is 0.142. The summed E-state index contributed by atoms with van der Waals surface area (Å²) in [5.74, 6) is -0.142. The Bertz CT molecular complexity index is 292. The summed E-state index contributed by atoms with van der Waals surface area (Å²) in [6, 6.07) is 5.43. The second-order valence-corrected chi connectivity index (χ2v) is 3.67. The molecule has 1 rings (SSSR count). The summed E-state index contributed by atoms with van der Waals surface area (Å²) in [6.45, 7) is 4.16. The molecule has 0 aromatic heterocycles. The Balaban J connectivity index is 2.79. The van der Waals surface area contributed by atoms with Crippen LogP contribution in [0.3, 0.4) is 0 Å². The van der Waals surface area contributed by atoms with Crippen molar-refractivity contribution in [2.45, 2.75) is 32.7 Å². The van der Waals surface area contributed by atoms with Gasteiger partial charge in [0.15, 0.2) is 0 Å². The number of likely N-dealkylation sites (N-methyl/N-ethyl adjacent to an activating group) is 1. The molecule has 0 saturated carbocycles. The number of halogens is 1. The van der Waals surface area contributed by atoms with Gasteiger partial charge in [-0.1, -0.05) is 13.0 Å². The van der Waals surface area contributed by atoms with Gasteiger partial charge in [0.2, 0.25) is 0 Å². The summed E-state index contributed by atoms with van der Waals surface area (Å²) in [6.07, 6.45) is 1.96. The third-order valence-corrected chi connectivity index (χ3v) is 2.68. The van der Waals surface area contributed by atoms with Crippen LogP contribution in [0.25, 0.3) is 0 Å². The fourth-order valence-corrected chi connectivity index (χ4v) is 1.58. The number of nitrogens with one attached hydrogen (secondary N) is 1. The number of hydrogen-bond donors (Lipinski definition) is 1. The molecular formula is C12H18FN. The molecule has 1 aromatic carbocycles. The van der Waals surface area contributed by atoms with Crippen LogP contribution in [-0.2, 0) is 6.42 Å². The normalized spacial score (nSPS) is 12.9. The highest BCUT2D eigenvalue weighted by Gasteiger charge is 2.07. The fourth-order valence-electron chi connectivity index (χ4n) is 1.58. The lowest BCUT2D eigenvalue weighted by molar-refractivity contribution is 0.539. The minimum atomic E-state index is -0.142. The van der Waals surface area contributed by atoms with Crippen molar-refractivity contribution in [3.8, 4) is 0 Å². The van der Waals surface area contributed by atoms with Crippen molar-refractivity contribution in [1.82, 2.24) is 5.32 Å². The zero-order valence-electron chi connectivity index (χ0n) is 9.10. The number of rotatable bonds is 4. The molecule has 0 amide bonds. The fraction of sp³-hybridized carbons (Fsp3) is 0.500. The van der Waals surface area contributed by atoms with Crippen LogP contribution in [0, 0.1) is 12.7 Å². The molecule has 1 unspecified atom stereocenters. The molecule has 1 N–H and O–H groups in total. The Morgan fingerprint density at radius 1 is 1.43 bits per heavy atom. The Hall–Kier alpha value is -0.890. The number of aryl methyl sites for hydroxylation is 1. The summed E-state index contributed by atoms with van der Waals surface area (Å²) in [5.41, 5.74) is 2.27. The topological polar surface area (TPSA) is 12.0 Å². The molecule has 0 bridgehead atoms. The van der Waals surface area contributed by atoms with Gasteiger partial charge in [-0.15, -0.1) is 0 Å². The first-order chi connectivity index (χ1) is 6.67. The summed E-state index contributed by atoms with van der Waals surface area (Å²) in [7, 11) is 1.95. The summed E-state index contributed by atoms with van der Waals surface area (Å²) in [5, 5.41) is 3.22. The maximum Gasteiger partial charge on any atom is 0.123 e. The monoisotopic (exact) mass is 195 g/mol. The first kappa shape index (κ1) is 11.2. The molecule has 0 heterocycles. The molecular weight excluding hydrogens is 177 g/mol. The van der Waals surface area contributed by atoms with Gasteiger partial charge in [0.05, 0.1) is 0 Å². The van der Waals surface area contributed by atoms with Gasteiger partial charge in [0.1, 0.15) is 5.82 Å². The van der Waals surface area contributed by atoms with Crippen LogP contribution in [0.2, 0.25) is 0 Å². The van der Waals surface area contributed by atoms with Gasteiger partial charge >= 0.3 is 0 Å². The van der Waals surface area contributed by atoms with Crippen LogP contribution in [0.15, 0.2) is 18.2 Å². The van der Waals surface area contributed by atoms with E-state index in [1.807, 2.05) is 20.0 Å². The number of hydrogen-bond acceptors (Lipinski definition) is 1. The molecule has 2 heteroatoms. The lowest BCUT2D eigenvalue weighted by Crippen LogP contribution is -2.26. The van der Waals surface area contributed by atoms with Crippen molar-refractivity contribution < 1.29 is 4.39 Å². The summed E-state index contributed by atoms with van der Waals surface area (Å²) in [4.78, 5) is 0. The molecule has 1 atom stereocenters. The Labute approximate surface area is 85.3 Å². The molecule has 0 fully saturated rings. The first-order valence-electron chi connectivity index (χ1n) is 5.09. The van der Waals surface area contributed by atoms with Crippen LogP contribution in [0.1, 0.15) is 24.5 Å². The molecule has 14 heavy (non-hydrogen) atoms. The Morgan fingerprint density at radius 2 is 2.14 bits per heavy atom. The summed E-state index contributed by atoms with van der Waals surface area (Å²) >= 11 is 0. The van der Waals surface area contributed by atoms with Gasteiger partial charge in [0, 0.05) is 6.04 Å². The second-order valence-electron chi connectivity index (χ2n) is 3.67. The van der Waals surface area contributed by atoms with Crippen LogP contribution in [0.4, 0.5) is 4.39 Å². The predicted octanol–water partition coefficient (Wildman–Crippen LogP) is 2.67. The van der Waals surface area contributed by atoms with E-state index in [0.717, 1.165) is 18.4 Å². The van der Waals surface area contributed by atoms with Crippen molar-refractivity contribution in [3.05, 3.63) is 35.1 Å². The number of benzene rings is 1. The van der Waals surface area contributed by atoms with Crippen molar-refractivity contribution in [2.24, 2.45) is 0 Å². The highest BCUT2D eigenvalue weighted by Crippen LogP contribution is 2.13. The maximum atomic E-state index is 13.0. The van der Waals surface area contributed by atoms with E-state index in [2.05, 4.69) is 12.2 Å². The van der Waals surface area contributed by atoms with Gasteiger partial charge < -0.3 is 5.32 Å². The van der Waals surface area contributed by atoms with E-state index < -0.39 is 0 Å². The largest absolute Gasteiger partial charge is 0.317 e. The molecule has 0 radical (unpaired) electrons. The van der Waals surface area contributed by atoms with Gasteiger partial charge in [-0.25, -0.2) is 4.39 Å². The van der Waals surface area contributed by atoms with E-state index >= 15 is 0 Å². The molecule has 1 aromatic rings. The minimum Gasteiger partial charge on any atom is -0.317 e. The maximum absolute atomic E-state index is 13.0. The average molecular weight is 195 g/mol. The van der Waals surface area contributed by atoms with Gasteiger partial charge in [-0.2, -0.15) is 0 Å². The molecule has 0 saturated heterocycles. The van der Waals surface area contributed by atoms with E-state index in [-0.39, 0.29) is 5.82 Å². The third kappa shape index (κ3) is 2.81. The Morgan fingerprint density at radius 3 is 2.71 bits per heavy atom. The molecule has 0 aliphatic carbocycles. The zero-order valence-corrected chi connectivity index (χ0v) is 9.10. The molecule has 0 aliphatic heterocycles. The van der Waals surface area contributed by atoms with Crippen LogP contribution in [-0.4, -0.2) is 13.1 Å². The molecule has 1 nitrogen and oxygen atoms in total. The van der Waals surface area contributed by atoms with E-state index in [9.17, 15) is 4.39 Å². The first-order valence-corrected chi connectivity index (χ1v) is 5.09. The lowest BCUT2D eigenvalue weighted by Gasteiger charge is -2.15. The van der Waals surface area contributed by atoms with Crippen molar-refractivity contribution in [2.75, 3.05) is 7.05 Å². The van der Waals surface area contributed by atoms with E-state index in [1.54, 1.807) is 6.07 Å². The third-order valence-electron chi connectivity index (χ3n) is 2.68. The van der Waals surface area contributed by atoms with E-state index in [4.69, 9.17) is 0 Å². The average Bonchev–Trinajstić information content (AvgIpc) is 2.19. The smallest absolute Gasteiger partial charge is 0.123 e. The highest BCUT2D eigenvalue weighted by molar-refractivity contribution is 5.27. The molecule has 0 spiro atoms. The van der Waals surface area contributed by atoms with E-state index in [1.165, 1.54) is 11.6 Å². The highest BCUT2D eigenvalue weighted by atomic mass is 19.1. The van der Waals surface area contributed by atoms with Crippen molar-refractivity contribution in [3.63, 3.8) is 0 Å². The molecule has 0 aliphatic rings. The van der Waals surface area contributed by atoms with Gasteiger partial charge in [0.25, 0.3) is 0 Å². The zero-order chi connectivity index (χ0) is 10.6.